The number of carbonyl (C=O) groups excluding carboxylic acids is 1. The molecule has 1 aromatic heterocycles. The summed E-state index contributed by atoms with van der Waals surface area (Å²) in [6.07, 6.45) is 2.28. The maximum Gasteiger partial charge on any atom is 0.410 e. The molecule has 7 nitrogen and oxygen atoms in total. The van der Waals surface area contributed by atoms with Crippen molar-refractivity contribution in [2.24, 2.45) is 0 Å². The smallest absolute Gasteiger partial charge is 0.410 e. The number of likely N-dealkylation sites (tertiary alicyclic amines) is 1. The molecule has 2 aromatic rings. The number of benzene rings is 1. The number of hydrogen-bond donors (Lipinski definition) is 2. The number of anilines is 1. The molecule has 2 fully saturated rings. The van der Waals surface area contributed by atoms with Crippen molar-refractivity contribution in [1.29, 1.82) is 0 Å². The highest BCUT2D eigenvalue weighted by atomic mass is 32.1. The van der Waals surface area contributed by atoms with Crippen molar-refractivity contribution < 1.29 is 19.4 Å². The fourth-order valence-corrected chi connectivity index (χ4v) is 5.50. The molecule has 1 aliphatic carbocycles. The van der Waals surface area contributed by atoms with Crippen LogP contribution in [-0.4, -0.2) is 57.5 Å². The number of amides is 1. The van der Waals surface area contributed by atoms with E-state index in [2.05, 4.69) is 5.32 Å². The quantitative estimate of drug-likeness (QED) is 0.778. The summed E-state index contributed by atoms with van der Waals surface area (Å²) in [4.78, 5) is 19.4. The molecule has 1 aromatic carbocycles. The number of ether oxygens (including phenoxy) is 2. The first-order chi connectivity index (χ1) is 13.8. The summed E-state index contributed by atoms with van der Waals surface area (Å²) in [5.74, 6) is 0.918. The largest absolute Gasteiger partial charge is 0.493 e. The minimum atomic E-state index is -0.540. The second kappa shape index (κ2) is 6.47. The van der Waals surface area contributed by atoms with Gasteiger partial charge < -0.3 is 24.8 Å². The van der Waals surface area contributed by atoms with Gasteiger partial charge in [-0.3, -0.25) is 0 Å². The molecule has 0 unspecified atom stereocenters. The lowest BCUT2D eigenvalue weighted by Gasteiger charge is -2.45. The van der Waals surface area contributed by atoms with Crippen molar-refractivity contribution in [3.05, 3.63) is 17.7 Å². The van der Waals surface area contributed by atoms with Crippen molar-refractivity contribution in [3.8, 4) is 5.75 Å². The summed E-state index contributed by atoms with van der Waals surface area (Å²) >= 11 is 1.58. The van der Waals surface area contributed by atoms with E-state index in [9.17, 15) is 9.90 Å². The number of piperidine rings is 1. The van der Waals surface area contributed by atoms with Crippen molar-refractivity contribution in [1.82, 2.24) is 9.88 Å². The molecular formula is C21H27N3O4S. The molecule has 1 spiro atoms. The van der Waals surface area contributed by atoms with Crippen molar-refractivity contribution in [3.63, 3.8) is 0 Å². The van der Waals surface area contributed by atoms with Gasteiger partial charge in [-0.25, -0.2) is 9.78 Å². The van der Waals surface area contributed by atoms with Gasteiger partial charge in [-0.2, -0.15) is 0 Å². The molecule has 3 aliphatic rings. The number of nitrogens with zero attached hydrogens (tertiary/aromatic N) is 2. The zero-order valence-electron chi connectivity index (χ0n) is 17.0. The topological polar surface area (TPSA) is 83.9 Å². The number of aliphatic hydroxyl groups excluding tert-OH is 1. The summed E-state index contributed by atoms with van der Waals surface area (Å²) in [7, 11) is 0. The fraction of sp³-hybridized carbons (Fsp3) is 0.619. The average Bonchev–Trinajstić information content (AvgIpc) is 3.08. The van der Waals surface area contributed by atoms with Gasteiger partial charge in [-0.1, -0.05) is 11.3 Å². The van der Waals surface area contributed by atoms with Gasteiger partial charge in [0.15, 0.2) is 5.13 Å². The van der Waals surface area contributed by atoms with Gasteiger partial charge in [-0.15, -0.1) is 0 Å². The molecule has 5 rings (SSSR count). The van der Waals surface area contributed by atoms with E-state index in [-0.39, 0.29) is 12.1 Å². The van der Waals surface area contributed by atoms with Crippen LogP contribution in [0, 0.1) is 0 Å². The fourth-order valence-electron chi connectivity index (χ4n) is 4.57. The van der Waals surface area contributed by atoms with Gasteiger partial charge in [0, 0.05) is 18.5 Å². The molecular weight excluding hydrogens is 390 g/mol. The zero-order valence-corrected chi connectivity index (χ0v) is 17.8. The number of rotatable bonds is 2. The highest BCUT2D eigenvalue weighted by Gasteiger charge is 2.61. The Kier molecular flexibility index (Phi) is 4.22. The van der Waals surface area contributed by atoms with Crippen LogP contribution in [-0.2, 0) is 11.2 Å². The number of thiazole rings is 1. The van der Waals surface area contributed by atoms with E-state index in [0.717, 1.165) is 45.9 Å². The third-order valence-corrected chi connectivity index (χ3v) is 6.99. The molecule has 1 saturated carbocycles. The van der Waals surface area contributed by atoms with Gasteiger partial charge in [-0.05, 0) is 52.2 Å². The van der Waals surface area contributed by atoms with Crippen LogP contribution in [0.4, 0.5) is 9.93 Å². The van der Waals surface area contributed by atoms with Gasteiger partial charge in [0.2, 0.25) is 0 Å². The minimum Gasteiger partial charge on any atom is -0.493 e. The Balaban J connectivity index is 1.41. The molecule has 29 heavy (non-hydrogen) atoms. The Morgan fingerprint density at radius 1 is 1.41 bits per heavy atom. The summed E-state index contributed by atoms with van der Waals surface area (Å²) in [5, 5.41) is 15.0. The molecule has 3 heterocycles. The van der Waals surface area contributed by atoms with Crippen molar-refractivity contribution in [2.45, 2.75) is 69.7 Å². The summed E-state index contributed by atoms with van der Waals surface area (Å²) in [6, 6.07) is 3.79. The Hall–Kier alpha value is -2.06. The number of fused-ring (bicyclic) bond motifs is 3. The molecule has 2 atom stereocenters. The third kappa shape index (κ3) is 3.22. The lowest BCUT2D eigenvalue weighted by Crippen LogP contribution is -2.62. The lowest BCUT2D eigenvalue weighted by atomic mass is 9.91. The molecule has 1 amide bonds. The van der Waals surface area contributed by atoms with Crippen LogP contribution in [0.2, 0.25) is 0 Å². The second-order valence-electron chi connectivity index (χ2n) is 9.22. The van der Waals surface area contributed by atoms with E-state index in [1.165, 1.54) is 0 Å². The van der Waals surface area contributed by atoms with Crippen LogP contribution in [0.3, 0.4) is 0 Å². The molecule has 0 radical (unpaired) electrons. The van der Waals surface area contributed by atoms with Gasteiger partial charge in [0.1, 0.15) is 11.4 Å². The van der Waals surface area contributed by atoms with Crippen molar-refractivity contribution in [2.75, 3.05) is 18.5 Å². The van der Waals surface area contributed by atoms with E-state index in [1.54, 1.807) is 11.3 Å². The molecule has 8 heteroatoms. The highest BCUT2D eigenvalue weighted by molar-refractivity contribution is 7.22. The van der Waals surface area contributed by atoms with Crippen LogP contribution in [0.1, 0.15) is 45.6 Å². The highest BCUT2D eigenvalue weighted by Crippen LogP contribution is 2.50. The minimum absolute atomic E-state index is 0.256. The Morgan fingerprint density at radius 3 is 2.93 bits per heavy atom. The maximum atomic E-state index is 12.8. The van der Waals surface area contributed by atoms with Gasteiger partial charge in [0.05, 0.1) is 34.5 Å². The molecule has 156 valence electrons. The first kappa shape index (κ1) is 18.9. The zero-order chi connectivity index (χ0) is 20.4. The van der Waals surface area contributed by atoms with Gasteiger partial charge in [0.25, 0.3) is 0 Å². The molecule has 2 N–H and O–H groups in total. The van der Waals surface area contributed by atoms with Crippen LogP contribution in [0.5, 0.6) is 5.75 Å². The Morgan fingerprint density at radius 2 is 2.21 bits per heavy atom. The number of nitrogens with one attached hydrogen (secondary N) is 1. The monoisotopic (exact) mass is 417 g/mol. The van der Waals surface area contributed by atoms with E-state index in [4.69, 9.17) is 14.5 Å². The number of aromatic nitrogens is 1. The van der Waals surface area contributed by atoms with E-state index in [1.807, 2.05) is 37.8 Å². The van der Waals surface area contributed by atoms with Crippen LogP contribution < -0.4 is 10.1 Å². The standard InChI is InChI=1S/C21H27N3O4S/c1-20(2,3)28-19(26)24-10-6-13(25)17(21(24)8-9-21)23-18-22-16-12-7-11-27-14(12)4-5-15(16)29-18/h4-5,13,17,25H,6-11H2,1-3H3,(H,22,23)/t13-,17+/m1/s1. The van der Waals surface area contributed by atoms with Crippen molar-refractivity contribution >= 4 is 32.8 Å². The number of hydrogen-bond acceptors (Lipinski definition) is 7. The van der Waals surface area contributed by atoms with E-state index in [0.29, 0.717) is 19.6 Å². The van der Waals surface area contributed by atoms with Crippen LogP contribution in [0.25, 0.3) is 10.2 Å². The third-order valence-electron chi connectivity index (χ3n) is 6.04. The summed E-state index contributed by atoms with van der Waals surface area (Å²) in [5.41, 5.74) is 1.20. The first-order valence-corrected chi connectivity index (χ1v) is 11.1. The predicted molar refractivity (Wildman–Crippen MR) is 112 cm³/mol. The number of carbonyl (C=O) groups is 1. The molecule has 0 bridgehead atoms. The maximum absolute atomic E-state index is 12.8. The molecule has 1 saturated heterocycles. The van der Waals surface area contributed by atoms with Crippen LogP contribution in [0.15, 0.2) is 12.1 Å². The first-order valence-electron chi connectivity index (χ1n) is 10.3. The normalized spacial score (nSPS) is 25.0. The SMILES string of the molecule is CC(C)(C)OC(=O)N1CC[C@@H](O)[C@H](Nc2nc3c4c(ccc3s2)OCC4)C12CC2. The molecule has 2 aliphatic heterocycles. The Labute approximate surface area is 174 Å². The summed E-state index contributed by atoms with van der Waals surface area (Å²) in [6.45, 7) is 6.84. The number of aliphatic hydroxyl groups is 1. The van der Waals surface area contributed by atoms with Crippen LogP contribution >= 0.6 is 11.3 Å². The second-order valence-corrected chi connectivity index (χ2v) is 10.3. The Bertz CT molecular complexity index is 963. The van der Waals surface area contributed by atoms with Gasteiger partial charge >= 0.3 is 6.09 Å². The lowest BCUT2D eigenvalue weighted by molar-refractivity contribution is -0.0195. The predicted octanol–water partition coefficient (Wildman–Crippen LogP) is 3.55. The van der Waals surface area contributed by atoms with E-state index >= 15 is 0 Å². The average molecular weight is 418 g/mol. The van der Waals surface area contributed by atoms with E-state index < -0.39 is 17.2 Å². The summed E-state index contributed by atoms with van der Waals surface area (Å²) < 4.78 is 12.4.